The van der Waals surface area contributed by atoms with Gasteiger partial charge in [-0.25, -0.2) is 28.1 Å². The zero-order chi connectivity index (χ0) is 29.5. The van der Waals surface area contributed by atoms with Crippen LogP contribution in [0.15, 0.2) is 14.4 Å². The molecule has 0 saturated carbocycles. The van der Waals surface area contributed by atoms with E-state index in [9.17, 15) is 44.1 Å². The second-order valence-corrected chi connectivity index (χ2v) is 8.11. The van der Waals surface area contributed by atoms with Gasteiger partial charge in [-0.15, -0.1) is 0 Å². The lowest BCUT2D eigenvalue weighted by Gasteiger charge is -2.14. The van der Waals surface area contributed by atoms with Crippen molar-refractivity contribution >= 4 is 17.9 Å². The molecule has 0 aliphatic heterocycles. The number of aromatic nitrogens is 3. The van der Waals surface area contributed by atoms with Gasteiger partial charge >= 0.3 is 35.0 Å². The van der Waals surface area contributed by atoms with Gasteiger partial charge in [0.05, 0.1) is 39.1 Å². The summed E-state index contributed by atoms with van der Waals surface area (Å²) in [5, 5.41) is 54.1. The first kappa shape index (κ1) is 33.6. The minimum absolute atomic E-state index is 0.493. The van der Waals surface area contributed by atoms with Gasteiger partial charge in [-0.3, -0.25) is 14.4 Å². The van der Waals surface area contributed by atoms with Gasteiger partial charge in [-0.1, -0.05) is 0 Å². The molecule has 6 N–H and O–H groups in total. The van der Waals surface area contributed by atoms with Gasteiger partial charge in [-0.05, 0) is 0 Å². The summed E-state index contributed by atoms with van der Waals surface area (Å²) in [7, 11) is 0. The van der Waals surface area contributed by atoms with Crippen LogP contribution in [0, 0.1) is 0 Å². The summed E-state index contributed by atoms with van der Waals surface area (Å²) < 4.78 is 15.6. The zero-order valence-electron chi connectivity index (χ0n) is 20.9. The number of hydrogen-bond donors (Lipinski definition) is 6. The SMILES string of the molecule is O=C(CCn1c(=O)n(CCC(=O)OCC(O)CO)c(=O)n(CCC(=O)OCC(O)CO)c1=O)OCC(O)CO. The van der Waals surface area contributed by atoms with Crippen LogP contribution in [0.5, 0.6) is 0 Å². The molecule has 3 atom stereocenters. The predicted octanol–water partition coefficient (Wildman–Crippen LogP) is -5.97. The molecule has 222 valence electrons. The summed E-state index contributed by atoms with van der Waals surface area (Å²) >= 11 is 0. The van der Waals surface area contributed by atoms with Gasteiger partial charge in [0.2, 0.25) is 0 Å². The molecule has 0 radical (unpaired) electrons. The van der Waals surface area contributed by atoms with Crippen LogP contribution in [0.4, 0.5) is 0 Å². The zero-order valence-corrected chi connectivity index (χ0v) is 20.9. The monoisotopic (exact) mass is 567 g/mol. The molecule has 0 bridgehead atoms. The maximum Gasteiger partial charge on any atom is 0.336 e. The van der Waals surface area contributed by atoms with Gasteiger partial charge in [0.25, 0.3) is 0 Å². The summed E-state index contributed by atoms with van der Waals surface area (Å²) in [6.07, 6.45) is -5.71. The van der Waals surface area contributed by atoms with Crippen molar-refractivity contribution in [3.8, 4) is 0 Å². The van der Waals surface area contributed by atoms with E-state index in [2.05, 4.69) is 0 Å². The van der Waals surface area contributed by atoms with Crippen molar-refractivity contribution in [3.05, 3.63) is 31.5 Å². The molecule has 1 aromatic heterocycles. The van der Waals surface area contributed by atoms with Crippen molar-refractivity contribution in [2.24, 2.45) is 0 Å². The molecular formula is C21H33N3O15. The fourth-order valence-electron chi connectivity index (χ4n) is 2.81. The standard InChI is InChI=1S/C21H33N3O15/c25-7-13(28)10-37-16(31)1-4-22-19(34)23(5-2-17(32)38-11-14(29)8-26)21(36)24(20(22)35)6-3-18(33)39-12-15(30)9-27/h13-15,25-30H,1-12H2. The molecule has 0 saturated heterocycles. The van der Waals surface area contributed by atoms with Crippen LogP contribution < -0.4 is 17.1 Å². The molecule has 1 aromatic rings. The molecule has 3 unspecified atom stereocenters. The van der Waals surface area contributed by atoms with Crippen molar-refractivity contribution in [3.63, 3.8) is 0 Å². The van der Waals surface area contributed by atoms with Gasteiger partial charge in [-0.2, -0.15) is 0 Å². The summed E-state index contributed by atoms with van der Waals surface area (Å²) in [6, 6.07) is 0. The fraction of sp³-hybridized carbons (Fsp3) is 0.714. The van der Waals surface area contributed by atoms with E-state index in [1.165, 1.54) is 0 Å². The number of rotatable bonds is 18. The minimum Gasteiger partial charge on any atom is -0.463 e. The van der Waals surface area contributed by atoms with Crippen LogP contribution in [0.2, 0.25) is 0 Å². The normalized spacial score (nSPS) is 13.4. The van der Waals surface area contributed by atoms with Crippen LogP contribution in [0.25, 0.3) is 0 Å². The van der Waals surface area contributed by atoms with E-state index in [-0.39, 0.29) is 0 Å². The van der Waals surface area contributed by atoms with Crippen LogP contribution in [-0.4, -0.2) is 120 Å². The molecule has 0 aromatic carbocycles. The predicted molar refractivity (Wildman–Crippen MR) is 125 cm³/mol. The largest absolute Gasteiger partial charge is 0.463 e. The molecule has 0 aliphatic carbocycles. The van der Waals surface area contributed by atoms with Crippen molar-refractivity contribution in [2.45, 2.75) is 57.2 Å². The highest BCUT2D eigenvalue weighted by molar-refractivity contribution is 5.70. The van der Waals surface area contributed by atoms with E-state index in [4.69, 9.17) is 29.5 Å². The van der Waals surface area contributed by atoms with Crippen LogP contribution >= 0.6 is 0 Å². The highest BCUT2D eigenvalue weighted by Crippen LogP contribution is 1.96. The Morgan fingerprint density at radius 1 is 0.538 bits per heavy atom. The molecular weight excluding hydrogens is 534 g/mol. The summed E-state index contributed by atoms with van der Waals surface area (Å²) in [4.78, 5) is 74.4. The van der Waals surface area contributed by atoms with Crippen LogP contribution in [0.1, 0.15) is 19.3 Å². The number of ether oxygens (including phenoxy) is 3. The molecule has 39 heavy (non-hydrogen) atoms. The Kier molecular flexibility index (Phi) is 14.8. The fourth-order valence-corrected chi connectivity index (χ4v) is 2.81. The van der Waals surface area contributed by atoms with E-state index in [0.29, 0.717) is 13.7 Å². The van der Waals surface area contributed by atoms with Gasteiger partial charge in [0, 0.05) is 19.6 Å². The Morgan fingerprint density at radius 3 is 0.974 bits per heavy atom. The van der Waals surface area contributed by atoms with Crippen LogP contribution in [-0.2, 0) is 48.2 Å². The Labute approximate surface area is 219 Å². The lowest BCUT2D eigenvalue weighted by molar-refractivity contribution is -0.148. The maximum atomic E-state index is 12.9. The van der Waals surface area contributed by atoms with Crippen molar-refractivity contribution in [1.82, 2.24) is 13.7 Å². The number of aliphatic hydroxyl groups excluding tert-OH is 6. The number of carbonyl (C=O) groups excluding carboxylic acids is 3. The Morgan fingerprint density at radius 2 is 0.769 bits per heavy atom. The molecule has 18 nitrogen and oxygen atoms in total. The molecule has 0 spiro atoms. The summed E-state index contributed by atoms with van der Waals surface area (Å²) in [6.45, 7) is -5.44. The van der Waals surface area contributed by atoms with E-state index < -0.39 is 132 Å². The van der Waals surface area contributed by atoms with Gasteiger partial charge < -0.3 is 44.8 Å². The summed E-state index contributed by atoms with van der Waals surface area (Å²) in [5.41, 5.74) is -3.58. The third kappa shape index (κ3) is 11.5. The lowest BCUT2D eigenvalue weighted by Crippen LogP contribution is -2.55. The van der Waals surface area contributed by atoms with Crippen molar-refractivity contribution in [1.29, 1.82) is 0 Å². The smallest absolute Gasteiger partial charge is 0.336 e. The number of carbonyl (C=O) groups is 3. The molecule has 0 amide bonds. The van der Waals surface area contributed by atoms with E-state index >= 15 is 0 Å². The quantitative estimate of drug-likeness (QED) is 0.0712. The second-order valence-electron chi connectivity index (χ2n) is 8.11. The Balaban J connectivity index is 3.16. The number of esters is 3. The highest BCUT2D eigenvalue weighted by Gasteiger charge is 2.19. The first-order valence-corrected chi connectivity index (χ1v) is 11.7. The number of hydrogen-bond acceptors (Lipinski definition) is 15. The average Bonchev–Trinajstić information content (AvgIpc) is 2.92. The topological polar surface area (TPSA) is 266 Å². The molecule has 18 heteroatoms. The van der Waals surface area contributed by atoms with Crippen LogP contribution in [0.3, 0.4) is 0 Å². The Hall–Kier alpha value is -3.42. The third-order valence-electron chi connectivity index (χ3n) is 4.95. The maximum absolute atomic E-state index is 12.9. The van der Waals surface area contributed by atoms with E-state index in [1.54, 1.807) is 0 Å². The summed E-state index contributed by atoms with van der Waals surface area (Å²) in [5.74, 6) is -2.85. The Bertz CT molecular complexity index is 957. The van der Waals surface area contributed by atoms with E-state index in [1.807, 2.05) is 0 Å². The van der Waals surface area contributed by atoms with Gasteiger partial charge in [0.1, 0.15) is 38.1 Å². The lowest BCUT2D eigenvalue weighted by atomic mass is 10.4. The van der Waals surface area contributed by atoms with Gasteiger partial charge in [0.15, 0.2) is 0 Å². The molecule has 0 aliphatic rings. The highest BCUT2D eigenvalue weighted by atomic mass is 16.6. The molecule has 1 heterocycles. The third-order valence-corrected chi connectivity index (χ3v) is 4.95. The average molecular weight is 568 g/mol. The molecule has 0 fully saturated rings. The van der Waals surface area contributed by atoms with Crippen molar-refractivity contribution in [2.75, 3.05) is 39.6 Å². The molecule has 1 rings (SSSR count). The number of aliphatic hydroxyl groups is 6. The first-order valence-electron chi connectivity index (χ1n) is 11.7. The number of nitrogens with zero attached hydrogens (tertiary/aromatic N) is 3. The van der Waals surface area contributed by atoms with Crippen molar-refractivity contribution < 1.29 is 59.2 Å². The first-order chi connectivity index (χ1) is 18.4. The van der Waals surface area contributed by atoms with E-state index in [0.717, 1.165) is 0 Å². The second kappa shape index (κ2) is 17.2. The minimum atomic E-state index is -1.34.